The summed E-state index contributed by atoms with van der Waals surface area (Å²) in [5.74, 6) is 1.62. The van der Waals surface area contributed by atoms with E-state index in [1.165, 1.54) is 37.7 Å². The van der Waals surface area contributed by atoms with Gasteiger partial charge in [0.1, 0.15) is 0 Å². The van der Waals surface area contributed by atoms with E-state index in [-0.39, 0.29) is 24.0 Å². The third kappa shape index (κ3) is 4.97. The van der Waals surface area contributed by atoms with E-state index in [0.29, 0.717) is 5.92 Å². The van der Waals surface area contributed by atoms with Gasteiger partial charge in [-0.2, -0.15) is 5.10 Å². The van der Waals surface area contributed by atoms with E-state index in [2.05, 4.69) is 32.6 Å². The Morgan fingerprint density at radius 2 is 2.29 bits per heavy atom. The second-order valence-electron chi connectivity index (χ2n) is 6.71. The number of aromatic nitrogens is 2. The van der Waals surface area contributed by atoms with E-state index in [9.17, 15) is 0 Å². The fraction of sp³-hybridized carbons (Fsp3) is 0.667. The average Bonchev–Trinajstić information content (AvgIpc) is 3.21. The maximum Gasteiger partial charge on any atom is 0.193 e. The molecule has 0 spiro atoms. The number of rotatable bonds is 4. The molecule has 1 aromatic heterocycles. The highest BCUT2D eigenvalue weighted by Crippen LogP contribution is 2.26. The topological polar surface area (TPSA) is 45.5 Å². The summed E-state index contributed by atoms with van der Waals surface area (Å²) in [5.41, 5.74) is 2.96. The second kappa shape index (κ2) is 9.44. The molecule has 5 nitrogen and oxygen atoms in total. The lowest BCUT2D eigenvalue weighted by molar-refractivity contribution is 0.485. The highest BCUT2D eigenvalue weighted by atomic mass is 127. The van der Waals surface area contributed by atoms with E-state index >= 15 is 0 Å². The van der Waals surface area contributed by atoms with Crippen LogP contribution in [0.3, 0.4) is 0 Å². The number of aryl methyl sites for hydroxylation is 1. The van der Waals surface area contributed by atoms with Crippen LogP contribution < -0.4 is 5.32 Å². The minimum Gasteiger partial charge on any atom is -0.356 e. The smallest absolute Gasteiger partial charge is 0.193 e. The zero-order valence-corrected chi connectivity index (χ0v) is 17.2. The van der Waals surface area contributed by atoms with E-state index in [4.69, 9.17) is 0 Å². The number of halogens is 1. The second-order valence-corrected chi connectivity index (χ2v) is 6.71. The Kier molecular flexibility index (Phi) is 7.58. The van der Waals surface area contributed by atoms with E-state index in [1.54, 1.807) is 5.57 Å². The third-order valence-electron chi connectivity index (χ3n) is 5.01. The molecule has 3 rings (SSSR count). The van der Waals surface area contributed by atoms with Crippen molar-refractivity contribution < 1.29 is 0 Å². The SMILES string of the molecule is CN=C(NCCC1=CCCCC1)N1CCC(c2cnn(C)c2)C1.I. The highest BCUT2D eigenvalue weighted by molar-refractivity contribution is 14.0. The van der Waals surface area contributed by atoms with Crippen LogP contribution in [0.5, 0.6) is 0 Å². The fourth-order valence-electron chi connectivity index (χ4n) is 3.67. The molecule has 1 aliphatic heterocycles. The van der Waals surface area contributed by atoms with E-state index in [0.717, 1.165) is 32.0 Å². The molecule has 0 radical (unpaired) electrons. The predicted octanol–water partition coefficient (Wildman–Crippen LogP) is 3.29. The lowest BCUT2D eigenvalue weighted by Crippen LogP contribution is -2.40. The molecule has 0 saturated carbocycles. The Bertz CT molecular complexity index is 578. The van der Waals surface area contributed by atoms with Gasteiger partial charge in [0, 0.05) is 45.8 Å². The van der Waals surface area contributed by atoms with Crippen LogP contribution in [0.1, 0.15) is 50.0 Å². The van der Waals surface area contributed by atoms with Crippen molar-refractivity contribution in [3.63, 3.8) is 0 Å². The molecular weight excluding hydrogens is 413 g/mol. The molecule has 0 bridgehead atoms. The number of hydrogen-bond acceptors (Lipinski definition) is 2. The van der Waals surface area contributed by atoms with Crippen molar-refractivity contribution in [2.24, 2.45) is 12.0 Å². The van der Waals surface area contributed by atoms with E-state index in [1.807, 2.05) is 25.0 Å². The molecule has 24 heavy (non-hydrogen) atoms. The van der Waals surface area contributed by atoms with Crippen molar-refractivity contribution >= 4 is 29.9 Å². The normalized spacial score (nSPS) is 21.4. The van der Waals surface area contributed by atoms with Gasteiger partial charge in [-0.3, -0.25) is 9.67 Å². The molecule has 0 amide bonds. The Hall–Kier alpha value is -1.05. The quantitative estimate of drug-likeness (QED) is 0.336. The molecule has 134 valence electrons. The van der Waals surface area contributed by atoms with Crippen LogP contribution in [0, 0.1) is 0 Å². The molecule has 6 heteroatoms. The molecule has 1 saturated heterocycles. The highest BCUT2D eigenvalue weighted by Gasteiger charge is 2.26. The molecule has 2 aliphatic rings. The number of nitrogens with zero attached hydrogens (tertiary/aromatic N) is 4. The van der Waals surface area contributed by atoms with Crippen molar-refractivity contribution in [1.29, 1.82) is 0 Å². The zero-order valence-electron chi connectivity index (χ0n) is 14.9. The Labute approximate surface area is 162 Å². The van der Waals surface area contributed by atoms with Gasteiger partial charge in [0.05, 0.1) is 6.20 Å². The summed E-state index contributed by atoms with van der Waals surface area (Å²) in [4.78, 5) is 6.86. The predicted molar refractivity (Wildman–Crippen MR) is 110 cm³/mol. The van der Waals surface area contributed by atoms with Crippen LogP contribution in [0.25, 0.3) is 0 Å². The minimum atomic E-state index is 0. The summed E-state index contributed by atoms with van der Waals surface area (Å²) < 4.78 is 1.89. The number of likely N-dealkylation sites (tertiary alicyclic amines) is 1. The van der Waals surface area contributed by atoms with Gasteiger partial charge in [-0.05, 0) is 44.1 Å². The van der Waals surface area contributed by atoms with Crippen LogP contribution in [0.4, 0.5) is 0 Å². The molecule has 2 heterocycles. The van der Waals surface area contributed by atoms with Crippen molar-refractivity contribution in [2.45, 2.75) is 44.4 Å². The van der Waals surface area contributed by atoms with Gasteiger partial charge >= 0.3 is 0 Å². The summed E-state index contributed by atoms with van der Waals surface area (Å²) >= 11 is 0. The van der Waals surface area contributed by atoms with Crippen molar-refractivity contribution in [1.82, 2.24) is 20.0 Å². The lowest BCUT2D eigenvalue weighted by Gasteiger charge is -2.22. The number of hydrogen-bond donors (Lipinski definition) is 1. The Morgan fingerprint density at radius 3 is 2.96 bits per heavy atom. The maximum atomic E-state index is 4.48. The van der Waals surface area contributed by atoms with Crippen LogP contribution in [0.15, 0.2) is 29.0 Å². The number of guanidine groups is 1. The minimum absolute atomic E-state index is 0. The first kappa shape index (κ1) is 19.3. The molecule has 1 fully saturated rings. The monoisotopic (exact) mass is 443 g/mol. The largest absolute Gasteiger partial charge is 0.356 e. The van der Waals surface area contributed by atoms with Crippen LogP contribution in [-0.4, -0.2) is 47.3 Å². The molecule has 1 unspecified atom stereocenters. The standard InChI is InChI=1S/C18H29N5.HI/c1-19-18(20-10-8-15-6-4-3-5-7-15)23-11-9-16(14-23)17-12-21-22(2)13-17;/h6,12-13,16H,3-5,7-11,14H2,1-2H3,(H,19,20);1H. The van der Waals surface area contributed by atoms with Crippen molar-refractivity contribution in [3.05, 3.63) is 29.6 Å². The van der Waals surface area contributed by atoms with Gasteiger partial charge in [0.25, 0.3) is 0 Å². The first-order chi connectivity index (χ1) is 11.3. The molecule has 1 aliphatic carbocycles. The van der Waals surface area contributed by atoms with Gasteiger partial charge in [0.15, 0.2) is 5.96 Å². The van der Waals surface area contributed by atoms with Gasteiger partial charge in [-0.15, -0.1) is 24.0 Å². The fourth-order valence-corrected chi connectivity index (χ4v) is 3.67. The lowest BCUT2D eigenvalue weighted by atomic mass is 9.97. The van der Waals surface area contributed by atoms with Crippen LogP contribution in [0.2, 0.25) is 0 Å². The number of aliphatic imine (C=N–C) groups is 1. The molecule has 1 atom stereocenters. The summed E-state index contributed by atoms with van der Waals surface area (Å²) in [6.45, 7) is 3.10. The first-order valence-corrected chi connectivity index (χ1v) is 8.88. The van der Waals surface area contributed by atoms with Gasteiger partial charge in [-0.1, -0.05) is 11.6 Å². The average molecular weight is 443 g/mol. The third-order valence-corrected chi connectivity index (χ3v) is 5.01. The Morgan fingerprint density at radius 1 is 1.42 bits per heavy atom. The van der Waals surface area contributed by atoms with Crippen LogP contribution >= 0.6 is 24.0 Å². The summed E-state index contributed by atoms with van der Waals surface area (Å²) in [6.07, 6.45) is 14.2. The van der Waals surface area contributed by atoms with Gasteiger partial charge in [-0.25, -0.2) is 0 Å². The van der Waals surface area contributed by atoms with Crippen molar-refractivity contribution in [2.75, 3.05) is 26.7 Å². The summed E-state index contributed by atoms with van der Waals surface area (Å²) in [5, 5.41) is 7.85. The number of nitrogens with one attached hydrogen (secondary N) is 1. The molecule has 0 aromatic carbocycles. The first-order valence-electron chi connectivity index (χ1n) is 8.88. The summed E-state index contributed by atoms with van der Waals surface area (Å²) in [6, 6.07) is 0. The van der Waals surface area contributed by atoms with Gasteiger partial charge in [0.2, 0.25) is 0 Å². The Balaban J connectivity index is 0.00000208. The number of allylic oxidation sites excluding steroid dienone is 1. The van der Waals surface area contributed by atoms with E-state index < -0.39 is 0 Å². The molecular formula is C18H30IN5. The maximum absolute atomic E-state index is 4.48. The molecule has 1 N–H and O–H groups in total. The zero-order chi connectivity index (χ0) is 16.1. The van der Waals surface area contributed by atoms with Crippen LogP contribution in [-0.2, 0) is 7.05 Å². The molecule has 1 aromatic rings. The summed E-state index contributed by atoms with van der Waals surface area (Å²) in [7, 11) is 3.87. The van der Waals surface area contributed by atoms with Gasteiger partial charge < -0.3 is 10.2 Å². The van der Waals surface area contributed by atoms with Crippen molar-refractivity contribution in [3.8, 4) is 0 Å².